The first-order valence-corrected chi connectivity index (χ1v) is 10.9. The molecule has 2 aliphatic heterocycles. The van der Waals surface area contributed by atoms with Crippen molar-refractivity contribution in [3.05, 3.63) is 35.9 Å². The smallest absolute Gasteiger partial charge is 0.223 e. The summed E-state index contributed by atoms with van der Waals surface area (Å²) < 4.78 is 0. The topological polar surface area (TPSA) is 40.6 Å². The zero-order valence-corrected chi connectivity index (χ0v) is 16.6. The zero-order chi connectivity index (χ0) is 18.4. The molecule has 4 nitrogen and oxygen atoms in total. The number of hydrogen-bond donors (Lipinski definition) is 0. The van der Waals surface area contributed by atoms with Crippen molar-refractivity contribution in [1.82, 2.24) is 9.80 Å². The molecule has 2 heterocycles. The Hall–Kier alpha value is -1.49. The first-order chi connectivity index (χ1) is 12.6. The normalized spacial score (nSPS) is 23.5. The van der Waals surface area contributed by atoms with E-state index in [0.29, 0.717) is 12.8 Å². The van der Waals surface area contributed by atoms with Gasteiger partial charge in [0.2, 0.25) is 11.8 Å². The third-order valence-electron chi connectivity index (χ3n) is 5.72. The Kier molecular flexibility index (Phi) is 6.63. The van der Waals surface area contributed by atoms with E-state index in [1.165, 1.54) is 5.56 Å². The average molecular weight is 375 g/mol. The van der Waals surface area contributed by atoms with Gasteiger partial charge < -0.3 is 9.80 Å². The van der Waals surface area contributed by atoms with E-state index in [1.54, 1.807) is 0 Å². The number of rotatable bonds is 6. The van der Waals surface area contributed by atoms with Crippen LogP contribution in [0.4, 0.5) is 0 Å². The predicted octanol–water partition coefficient (Wildman–Crippen LogP) is 3.56. The molecule has 2 saturated heterocycles. The lowest BCUT2D eigenvalue weighted by Gasteiger charge is -2.48. The predicted molar refractivity (Wildman–Crippen MR) is 107 cm³/mol. The fraction of sp³-hybridized carbons (Fsp3) is 0.619. The Labute approximate surface area is 161 Å². The number of hydrogen-bond acceptors (Lipinski definition) is 3. The van der Waals surface area contributed by atoms with E-state index in [1.807, 2.05) is 29.7 Å². The monoisotopic (exact) mass is 374 g/mol. The Morgan fingerprint density at radius 3 is 2.77 bits per heavy atom. The van der Waals surface area contributed by atoms with Crippen molar-refractivity contribution < 1.29 is 9.59 Å². The van der Waals surface area contributed by atoms with E-state index in [2.05, 4.69) is 29.2 Å². The fourth-order valence-electron chi connectivity index (χ4n) is 4.23. The van der Waals surface area contributed by atoms with Crippen molar-refractivity contribution in [1.29, 1.82) is 0 Å². The van der Waals surface area contributed by atoms with Gasteiger partial charge in [-0.3, -0.25) is 9.59 Å². The average Bonchev–Trinajstić information content (AvgIpc) is 2.68. The Bertz CT molecular complexity index is 622. The van der Waals surface area contributed by atoms with Crippen LogP contribution in [0.2, 0.25) is 0 Å². The second kappa shape index (κ2) is 8.94. The number of nitrogens with zero attached hydrogens (tertiary/aromatic N) is 2. The molecular weight excluding hydrogens is 344 g/mol. The van der Waals surface area contributed by atoms with Crippen LogP contribution < -0.4 is 0 Å². The minimum Gasteiger partial charge on any atom is -0.342 e. The minimum atomic E-state index is 0.134. The zero-order valence-electron chi connectivity index (χ0n) is 15.8. The maximum atomic E-state index is 12.7. The van der Waals surface area contributed by atoms with Gasteiger partial charge in [0.1, 0.15) is 0 Å². The molecule has 2 amide bonds. The lowest BCUT2D eigenvalue weighted by Crippen LogP contribution is -2.55. The van der Waals surface area contributed by atoms with Gasteiger partial charge in [-0.25, -0.2) is 0 Å². The number of likely N-dealkylation sites (tertiary alicyclic amines) is 2. The van der Waals surface area contributed by atoms with Crippen LogP contribution in [-0.4, -0.2) is 53.5 Å². The van der Waals surface area contributed by atoms with Gasteiger partial charge in [0.05, 0.1) is 0 Å². The SMILES string of the molecule is CCN1CC2(CCCN(C(=O)CCSCc3ccccc3)C2)CCC1=O. The van der Waals surface area contributed by atoms with Gasteiger partial charge in [0, 0.05) is 55.9 Å². The molecule has 0 bridgehead atoms. The molecule has 1 spiro atoms. The number of carbonyl (C=O) groups excluding carboxylic acids is 2. The lowest BCUT2D eigenvalue weighted by atomic mass is 9.73. The molecule has 0 aliphatic carbocycles. The van der Waals surface area contributed by atoms with Gasteiger partial charge in [0.25, 0.3) is 0 Å². The number of carbonyl (C=O) groups is 2. The van der Waals surface area contributed by atoms with Crippen molar-refractivity contribution >= 4 is 23.6 Å². The van der Waals surface area contributed by atoms with Gasteiger partial charge in [-0.05, 0) is 31.7 Å². The standard InChI is InChI=1S/C21H30N2O2S/c1-2-22-16-21(12-9-19(22)24)11-6-13-23(17-21)20(25)10-14-26-15-18-7-4-3-5-8-18/h3-5,7-8H,2,6,9-17H2,1H3. The molecule has 1 unspecified atom stereocenters. The highest BCUT2D eigenvalue weighted by Crippen LogP contribution is 2.39. The van der Waals surface area contributed by atoms with Crippen LogP contribution in [0, 0.1) is 5.41 Å². The molecule has 2 fully saturated rings. The van der Waals surface area contributed by atoms with Gasteiger partial charge in [0.15, 0.2) is 0 Å². The van der Waals surface area contributed by atoms with Crippen LogP contribution in [0.5, 0.6) is 0 Å². The third kappa shape index (κ3) is 4.81. The molecular formula is C21H30N2O2S. The number of thioether (sulfide) groups is 1. The van der Waals surface area contributed by atoms with Crippen LogP contribution in [0.15, 0.2) is 30.3 Å². The first-order valence-electron chi connectivity index (χ1n) is 9.79. The number of amides is 2. The molecule has 3 rings (SSSR count). The van der Waals surface area contributed by atoms with E-state index >= 15 is 0 Å². The number of piperidine rings is 2. The van der Waals surface area contributed by atoms with Crippen LogP contribution >= 0.6 is 11.8 Å². The molecule has 5 heteroatoms. The summed E-state index contributed by atoms with van der Waals surface area (Å²) in [4.78, 5) is 28.7. The minimum absolute atomic E-state index is 0.134. The van der Waals surface area contributed by atoms with Crippen LogP contribution in [0.1, 0.15) is 44.6 Å². The second-order valence-corrected chi connectivity index (χ2v) is 8.72. The Morgan fingerprint density at radius 2 is 2.00 bits per heavy atom. The molecule has 0 radical (unpaired) electrons. The Morgan fingerprint density at radius 1 is 1.19 bits per heavy atom. The van der Waals surface area contributed by atoms with Crippen molar-refractivity contribution in [3.8, 4) is 0 Å². The molecule has 0 aromatic heterocycles. The fourth-order valence-corrected chi connectivity index (χ4v) is 5.12. The highest BCUT2D eigenvalue weighted by molar-refractivity contribution is 7.98. The lowest BCUT2D eigenvalue weighted by molar-refractivity contribution is -0.142. The van der Waals surface area contributed by atoms with Crippen LogP contribution in [0.25, 0.3) is 0 Å². The van der Waals surface area contributed by atoms with E-state index in [0.717, 1.165) is 56.9 Å². The third-order valence-corrected chi connectivity index (χ3v) is 6.75. The molecule has 0 N–H and O–H groups in total. The molecule has 0 saturated carbocycles. The van der Waals surface area contributed by atoms with E-state index < -0.39 is 0 Å². The van der Waals surface area contributed by atoms with E-state index in [9.17, 15) is 9.59 Å². The highest BCUT2D eigenvalue weighted by atomic mass is 32.2. The van der Waals surface area contributed by atoms with Crippen molar-refractivity contribution in [2.24, 2.45) is 5.41 Å². The summed E-state index contributed by atoms with van der Waals surface area (Å²) in [5.74, 6) is 2.39. The quantitative estimate of drug-likeness (QED) is 0.715. The van der Waals surface area contributed by atoms with Crippen molar-refractivity contribution in [2.45, 2.75) is 44.8 Å². The van der Waals surface area contributed by atoms with Gasteiger partial charge in [-0.2, -0.15) is 11.8 Å². The highest BCUT2D eigenvalue weighted by Gasteiger charge is 2.42. The van der Waals surface area contributed by atoms with Crippen molar-refractivity contribution in [3.63, 3.8) is 0 Å². The maximum absolute atomic E-state index is 12.7. The maximum Gasteiger partial charge on any atom is 0.223 e. The van der Waals surface area contributed by atoms with Crippen LogP contribution in [0.3, 0.4) is 0 Å². The number of benzene rings is 1. The van der Waals surface area contributed by atoms with Gasteiger partial charge in [-0.1, -0.05) is 30.3 Å². The second-order valence-electron chi connectivity index (χ2n) is 7.61. The van der Waals surface area contributed by atoms with Crippen molar-refractivity contribution in [2.75, 3.05) is 31.9 Å². The molecule has 1 aromatic rings. The van der Waals surface area contributed by atoms with Crippen LogP contribution in [-0.2, 0) is 15.3 Å². The summed E-state index contributed by atoms with van der Waals surface area (Å²) in [6, 6.07) is 10.4. The van der Waals surface area contributed by atoms with E-state index in [4.69, 9.17) is 0 Å². The summed E-state index contributed by atoms with van der Waals surface area (Å²) in [5, 5.41) is 0. The summed E-state index contributed by atoms with van der Waals surface area (Å²) >= 11 is 1.83. The van der Waals surface area contributed by atoms with Gasteiger partial charge >= 0.3 is 0 Å². The van der Waals surface area contributed by atoms with Gasteiger partial charge in [-0.15, -0.1) is 0 Å². The first kappa shape index (κ1) is 19.3. The van der Waals surface area contributed by atoms with E-state index in [-0.39, 0.29) is 17.2 Å². The summed E-state index contributed by atoms with van der Waals surface area (Å²) in [6.45, 7) is 5.37. The molecule has 1 atom stereocenters. The summed E-state index contributed by atoms with van der Waals surface area (Å²) in [7, 11) is 0. The largest absolute Gasteiger partial charge is 0.342 e. The molecule has 26 heavy (non-hydrogen) atoms. The summed E-state index contributed by atoms with van der Waals surface area (Å²) in [5.41, 5.74) is 1.45. The molecule has 142 valence electrons. The Balaban J connectivity index is 1.46. The summed E-state index contributed by atoms with van der Waals surface area (Å²) in [6.07, 6.45) is 4.40. The molecule has 1 aromatic carbocycles. The molecule has 2 aliphatic rings.